The van der Waals surface area contributed by atoms with Crippen molar-refractivity contribution in [3.8, 4) is 0 Å². The second-order valence-corrected chi connectivity index (χ2v) is 3.20. The normalized spacial score (nSPS) is 10.7. The molecule has 0 aliphatic carbocycles. The maximum Gasteiger partial charge on any atom is 0.197 e. The SMILES string of the molecule is CCc1cc2cnc(C(C)=O)nc2[nH]1. The zero-order chi connectivity index (χ0) is 10.1. The van der Waals surface area contributed by atoms with Gasteiger partial charge in [-0.25, -0.2) is 9.97 Å². The fourth-order valence-electron chi connectivity index (χ4n) is 1.33. The number of hydrogen-bond acceptors (Lipinski definition) is 3. The largest absolute Gasteiger partial charge is 0.343 e. The molecule has 0 radical (unpaired) electrons. The van der Waals surface area contributed by atoms with Crippen LogP contribution in [0.4, 0.5) is 0 Å². The van der Waals surface area contributed by atoms with Gasteiger partial charge in [0, 0.05) is 24.2 Å². The Morgan fingerprint density at radius 3 is 3.00 bits per heavy atom. The number of carbonyl (C=O) groups excluding carboxylic acids is 1. The smallest absolute Gasteiger partial charge is 0.197 e. The number of rotatable bonds is 2. The summed E-state index contributed by atoms with van der Waals surface area (Å²) in [4.78, 5) is 22.3. The second kappa shape index (κ2) is 3.21. The molecule has 2 aromatic heterocycles. The third-order valence-electron chi connectivity index (χ3n) is 2.12. The molecule has 4 nitrogen and oxygen atoms in total. The number of nitrogens with zero attached hydrogens (tertiary/aromatic N) is 2. The molecule has 2 aromatic rings. The van der Waals surface area contributed by atoms with Crippen LogP contribution in [0.15, 0.2) is 12.3 Å². The Bertz CT molecular complexity index is 487. The molecule has 0 saturated heterocycles. The molecule has 4 heteroatoms. The van der Waals surface area contributed by atoms with Gasteiger partial charge in [0.15, 0.2) is 11.6 Å². The Balaban J connectivity index is 2.59. The Kier molecular flexibility index (Phi) is 2.04. The standard InChI is InChI=1S/C10H11N3O/c1-3-8-4-7-5-11-9(6(2)14)13-10(7)12-8/h4-5H,3H2,1-2H3,(H,11,12,13). The van der Waals surface area contributed by atoms with Gasteiger partial charge in [-0.1, -0.05) is 6.92 Å². The van der Waals surface area contributed by atoms with Gasteiger partial charge in [0.2, 0.25) is 0 Å². The van der Waals surface area contributed by atoms with Crippen LogP contribution in [0.1, 0.15) is 30.2 Å². The molecule has 1 N–H and O–H groups in total. The summed E-state index contributed by atoms with van der Waals surface area (Å²) in [6.07, 6.45) is 2.60. The van der Waals surface area contributed by atoms with Crippen molar-refractivity contribution < 1.29 is 4.79 Å². The number of Topliss-reactive ketones (excluding diaryl/α,β-unsaturated/α-hetero) is 1. The molecule has 0 amide bonds. The average Bonchev–Trinajstić information content (AvgIpc) is 2.58. The van der Waals surface area contributed by atoms with Gasteiger partial charge in [-0.3, -0.25) is 4.79 Å². The molecule has 72 valence electrons. The molecular weight excluding hydrogens is 178 g/mol. The summed E-state index contributed by atoms with van der Waals surface area (Å²) >= 11 is 0. The van der Waals surface area contributed by atoms with E-state index in [0.29, 0.717) is 0 Å². The number of H-pyrrole nitrogens is 1. The first-order chi connectivity index (χ1) is 6.70. The lowest BCUT2D eigenvalue weighted by atomic mass is 10.3. The highest BCUT2D eigenvalue weighted by molar-refractivity contribution is 5.92. The van der Waals surface area contributed by atoms with E-state index in [1.807, 2.05) is 6.07 Å². The molecule has 0 aromatic carbocycles. The van der Waals surface area contributed by atoms with E-state index >= 15 is 0 Å². The van der Waals surface area contributed by atoms with Crippen LogP contribution in [-0.4, -0.2) is 20.7 Å². The predicted octanol–water partition coefficient (Wildman–Crippen LogP) is 1.72. The van der Waals surface area contributed by atoms with Crippen molar-refractivity contribution in [1.29, 1.82) is 0 Å². The first-order valence-electron chi connectivity index (χ1n) is 4.56. The summed E-state index contributed by atoms with van der Waals surface area (Å²) in [6.45, 7) is 3.52. The van der Waals surface area contributed by atoms with E-state index < -0.39 is 0 Å². The minimum absolute atomic E-state index is 0.112. The number of carbonyl (C=O) groups is 1. The van der Waals surface area contributed by atoms with Crippen molar-refractivity contribution in [3.05, 3.63) is 23.8 Å². The molecule has 2 heterocycles. The monoisotopic (exact) mass is 189 g/mol. The lowest BCUT2D eigenvalue weighted by molar-refractivity contribution is 0.100. The number of fused-ring (bicyclic) bond motifs is 1. The maximum absolute atomic E-state index is 11.0. The van der Waals surface area contributed by atoms with Crippen LogP contribution in [0.2, 0.25) is 0 Å². The number of aryl methyl sites for hydroxylation is 1. The minimum atomic E-state index is -0.112. The number of nitrogens with one attached hydrogen (secondary N) is 1. The van der Waals surface area contributed by atoms with Crippen LogP contribution >= 0.6 is 0 Å². The van der Waals surface area contributed by atoms with Crippen LogP contribution in [-0.2, 0) is 6.42 Å². The van der Waals surface area contributed by atoms with Crippen molar-refractivity contribution >= 4 is 16.8 Å². The van der Waals surface area contributed by atoms with Gasteiger partial charge in [0.1, 0.15) is 5.65 Å². The zero-order valence-corrected chi connectivity index (χ0v) is 8.16. The van der Waals surface area contributed by atoms with Gasteiger partial charge in [0.05, 0.1) is 0 Å². The first kappa shape index (κ1) is 8.87. The van der Waals surface area contributed by atoms with E-state index in [2.05, 4.69) is 21.9 Å². The van der Waals surface area contributed by atoms with Crippen LogP contribution in [0, 0.1) is 0 Å². The average molecular weight is 189 g/mol. The molecule has 0 spiro atoms. The van der Waals surface area contributed by atoms with Gasteiger partial charge in [-0.05, 0) is 12.5 Å². The van der Waals surface area contributed by atoms with Crippen molar-refractivity contribution in [2.45, 2.75) is 20.3 Å². The Morgan fingerprint density at radius 1 is 1.57 bits per heavy atom. The Morgan fingerprint density at radius 2 is 2.36 bits per heavy atom. The third kappa shape index (κ3) is 1.39. The van der Waals surface area contributed by atoms with Crippen molar-refractivity contribution in [2.75, 3.05) is 0 Å². The molecule has 0 saturated carbocycles. The topological polar surface area (TPSA) is 58.6 Å². The highest BCUT2D eigenvalue weighted by Gasteiger charge is 2.06. The molecule has 0 aliphatic rings. The van der Waals surface area contributed by atoms with E-state index in [0.717, 1.165) is 23.1 Å². The summed E-state index contributed by atoms with van der Waals surface area (Å²) in [7, 11) is 0. The van der Waals surface area contributed by atoms with Crippen molar-refractivity contribution in [1.82, 2.24) is 15.0 Å². The third-order valence-corrected chi connectivity index (χ3v) is 2.12. The molecular formula is C10H11N3O. The molecule has 0 bridgehead atoms. The first-order valence-corrected chi connectivity index (χ1v) is 4.56. The number of ketones is 1. The van der Waals surface area contributed by atoms with E-state index in [1.54, 1.807) is 6.20 Å². The van der Waals surface area contributed by atoms with Gasteiger partial charge in [-0.2, -0.15) is 0 Å². The Labute approximate surface area is 81.4 Å². The predicted molar refractivity (Wildman–Crippen MR) is 53.3 cm³/mol. The second-order valence-electron chi connectivity index (χ2n) is 3.20. The summed E-state index contributed by atoms with van der Waals surface area (Å²) in [5.41, 5.74) is 1.84. The molecule has 0 unspecified atom stereocenters. The van der Waals surface area contributed by atoms with Gasteiger partial charge >= 0.3 is 0 Å². The molecule has 0 aliphatic heterocycles. The molecule has 14 heavy (non-hydrogen) atoms. The highest BCUT2D eigenvalue weighted by atomic mass is 16.1. The van der Waals surface area contributed by atoms with Crippen LogP contribution < -0.4 is 0 Å². The number of aromatic nitrogens is 3. The van der Waals surface area contributed by atoms with Crippen molar-refractivity contribution in [2.24, 2.45) is 0 Å². The number of hydrogen-bond donors (Lipinski definition) is 1. The van der Waals surface area contributed by atoms with Crippen molar-refractivity contribution in [3.63, 3.8) is 0 Å². The lowest BCUT2D eigenvalue weighted by Gasteiger charge is -1.92. The number of aromatic amines is 1. The van der Waals surface area contributed by atoms with Crippen LogP contribution in [0.25, 0.3) is 11.0 Å². The fraction of sp³-hybridized carbons (Fsp3) is 0.300. The maximum atomic E-state index is 11.0. The van der Waals surface area contributed by atoms with Gasteiger partial charge in [-0.15, -0.1) is 0 Å². The van der Waals surface area contributed by atoms with Gasteiger partial charge in [0.25, 0.3) is 0 Å². The zero-order valence-electron chi connectivity index (χ0n) is 8.16. The highest BCUT2D eigenvalue weighted by Crippen LogP contribution is 2.12. The summed E-state index contributed by atoms with van der Waals surface area (Å²) in [5.74, 6) is 0.154. The van der Waals surface area contributed by atoms with E-state index in [-0.39, 0.29) is 11.6 Å². The molecule has 0 fully saturated rings. The summed E-state index contributed by atoms with van der Waals surface area (Å²) in [5, 5.41) is 0.951. The quantitative estimate of drug-likeness (QED) is 0.732. The van der Waals surface area contributed by atoms with E-state index in [9.17, 15) is 4.79 Å². The minimum Gasteiger partial charge on any atom is -0.343 e. The van der Waals surface area contributed by atoms with E-state index in [1.165, 1.54) is 6.92 Å². The lowest BCUT2D eigenvalue weighted by Crippen LogP contribution is -1.99. The van der Waals surface area contributed by atoms with Crippen LogP contribution in [0.3, 0.4) is 0 Å². The molecule has 0 atom stereocenters. The summed E-state index contributed by atoms with van der Waals surface area (Å²) < 4.78 is 0. The van der Waals surface area contributed by atoms with E-state index in [4.69, 9.17) is 0 Å². The fourth-order valence-corrected chi connectivity index (χ4v) is 1.33. The van der Waals surface area contributed by atoms with Crippen LogP contribution in [0.5, 0.6) is 0 Å². The Hall–Kier alpha value is -1.71. The molecule has 2 rings (SSSR count). The summed E-state index contributed by atoms with van der Waals surface area (Å²) in [6, 6.07) is 2.00. The van der Waals surface area contributed by atoms with Gasteiger partial charge < -0.3 is 4.98 Å².